The number of carbonyl (C=O) groups excluding carboxylic acids is 1. The second-order valence-corrected chi connectivity index (χ2v) is 9.06. The Bertz CT molecular complexity index is 1130. The highest BCUT2D eigenvalue weighted by Crippen LogP contribution is 2.53. The zero-order valence-corrected chi connectivity index (χ0v) is 19.2. The molecule has 0 aliphatic carbocycles. The Hall–Kier alpha value is -2.47. The SMILES string of the molecule is CCCc1cc(=O)oc2c3c(c4c(c12)OC(C)(C)C=C4)OC(C)C(C)C3OC(=O)CCl. The third-order valence-electron chi connectivity index (χ3n) is 5.96. The summed E-state index contributed by atoms with van der Waals surface area (Å²) in [4.78, 5) is 24.7. The van der Waals surface area contributed by atoms with Crippen molar-refractivity contribution in [2.24, 2.45) is 5.92 Å². The van der Waals surface area contributed by atoms with E-state index in [0.29, 0.717) is 29.1 Å². The third-order valence-corrected chi connectivity index (χ3v) is 6.18. The van der Waals surface area contributed by atoms with Gasteiger partial charge in [-0.25, -0.2) is 4.79 Å². The van der Waals surface area contributed by atoms with Crippen LogP contribution in [0.4, 0.5) is 0 Å². The molecule has 3 heterocycles. The molecule has 0 radical (unpaired) electrons. The quantitative estimate of drug-likeness (QED) is 0.366. The van der Waals surface area contributed by atoms with Crippen molar-refractivity contribution >= 4 is 34.6 Å². The van der Waals surface area contributed by atoms with Gasteiger partial charge in [0.2, 0.25) is 0 Å². The molecule has 0 amide bonds. The second-order valence-electron chi connectivity index (χ2n) is 8.80. The summed E-state index contributed by atoms with van der Waals surface area (Å²) in [5.41, 5.74) is 1.51. The molecule has 3 atom stereocenters. The van der Waals surface area contributed by atoms with Gasteiger partial charge in [-0.05, 0) is 44.9 Å². The van der Waals surface area contributed by atoms with Crippen LogP contribution in [0.1, 0.15) is 63.8 Å². The van der Waals surface area contributed by atoms with Crippen LogP contribution in [0.15, 0.2) is 21.4 Å². The molecular weight excluding hydrogens is 420 g/mol. The van der Waals surface area contributed by atoms with Crippen LogP contribution in [0.5, 0.6) is 11.5 Å². The first-order valence-corrected chi connectivity index (χ1v) is 11.2. The monoisotopic (exact) mass is 446 g/mol. The minimum Gasteiger partial charge on any atom is -0.489 e. The Labute approximate surface area is 186 Å². The molecule has 0 fully saturated rings. The fourth-order valence-corrected chi connectivity index (χ4v) is 4.36. The van der Waals surface area contributed by atoms with Crippen LogP contribution in [0, 0.1) is 5.92 Å². The Morgan fingerprint density at radius 3 is 2.68 bits per heavy atom. The molecule has 0 saturated carbocycles. The number of hydrogen-bond donors (Lipinski definition) is 0. The number of carbonyl (C=O) groups is 1. The van der Waals surface area contributed by atoms with Gasteiger partial charge in [0.05, 0.1) is 16.5 Å². The van der Waals surface area contributed by atoms with E-state index >= 15 is 0 Å². The number of ether oxygens (including phenoxy) is 3. The molecule has 166 valence electrons. The highest BCUT2D eigenvalue weighted by atomic mass is 35.5. The van der Waals surface area contributed by atoms with Crippen LogP contribution in [0.3, 0.4) is 0 Å². The first-order valence-electron chi connectivity index (χ1n) is 10.6. The van der Waals surface area contributed by atoms with Gasteiger partial charge in [-0.3, -0.25) is 4.79 Å². The summed E-state index contributed by atoms with van der Waals surface area (Å²) in [5.74, 6) is 0.163. The number of benzene rings is 1. The van der Waals surface area contributed by atoms with Crippen LogP contribution in [0.25, 0.3) is 17.0 Å². The molecule has 2 aliphatic rings. The van der Waals surface area contributed by atoms with Crippen molar-refractivity contribution < 1.29 is 23.4 Å². The summed E-state index contributed by atoms with van der Waals surface area (Å²) in [6, 6.07) is 1.52. The van der Waals surface area contributed by atoms with Crippen molar-refractivity contribution in [2.45, 2.75) is 65.3 Å². The smallest absolute Gasteiger partial charge is 0.336 e. The van der Waals surface area contributed by atoms with E-state index in [0.717, 1.165) is 22.9 Å². The Balaban J connectivity index is 2.12. The van der Waals surface area contributed by atoms with Gasteiger partial charge in [0.15, 0.2) is 5.58 Å². The maximum absolute atomic E-state index is 12.5. The third kappa shape index (κ3) is 3.71. The average Bonchev–Trinajstić information content (AvgIpc) is 2.70. The van der Waals surface area contributed by atoms with E-state index in [-0.39, 0.29) is 17.9 Å². The van der Waals surface area contributed by atoms with E-state index in [1.165, 1.54) is 6.07 Å². The molecule has 7 heteroatoms. The van der Waals surface area contributed by atoms with Gasteiger partial charge in [0, 0.05) is 12.0 Å². The van der Waals surface area contributed by atoms with E-state index in [9.17, 15) is 9.59 Å². The number of esters is 1. The molecule has 0 bridgehead atoms. The number of rotatable bonds is 4. The van der Waals surface area contributed by atoms with Crippen LogP contribution in [-0.2, 0) is 16.0 Å². The van der Waals surface area contributed by atoms with Crippen molar-refractivity contribution in [3.63, 3.8) is 0 Å². The van der Waals surface area contributed by atoms with Crippen LogP contribution >= 0.6 is 11.6 Å². The molecule has 1 aromatic heterocycles. The summed E-state index contributed by atoms with van der Waals surface area (Å²) in [6.07, 6.45) is 4.56. The fourth-order valence-electron chi connectivity index (χ4n) is 4.30. The predicted molar refractivity (Wildman–Crippen MR) is 119 cm³/mol. The van der Waals surface area contributed by atoms with Gasteiger partial charge >= 0.3 is 11.6 Å². The summed E-state index contributed by atoms with van der Waals surface area (Å²) in [6.45, 7) is 9.84. The molecule has 2 aliphatic heterocycles. The van der Waals surface area contributed by atoms with Gasteiger partial charge in [0.1, 0.15) is 35.2 Å². The van der Waals surface area contributed by atoms with Crippen molar-refractivity contribution in [1.29, 1.82) is 0 Å². The lowest BCUT2D eigenvalue weighted by Crippen LogP contribution is -2.36. The van der Waals surface area contributed by atoms with E-state index in [1.807, 2.05) is 46.8 Å². The van der Waals surface area contributed by atoms with Crippen molar-refractivity contribution in [3.05, 3.63) is 39.3 Å². The molecule has 31 heavy (non-hydrogen) atoms. The number of hydrogen-bond acceptors (Lipinski definition) is 6. The van der Waals surface area contributed by atoms with E-state index in [1.54, 1.807) is 0 Å². The zero-order valence-electron chi connectivity index (χ0n) is 18.4. The first-order chi connectivity index (χ1) is 14.7. The summed E-state index contributed by atoms with van der Waals surface area (Å²) < 4.78 is 24.2. The lowest BCUT2D eigenvalue weighted by Gasteiger charge is -2.39. The minimum atomic E-state index is -0.666. The van der Waals surface area contributed by atoms with E-state index in [4.69, 9.17) is 30.2 Å². The Morgan fingerprint density at radius 1 is 1.26 bits per heavy atom. The van der Waals surface area contributed by atoms with Gasteiger partial charge in [-0.2, -0.15) is 0 Å². The molecule has 0 N–H and O–H groups in total. The maximum atomic E-state index is 12.5. The molecule has 4 rings (SSSR count). The van der Waals surface area contributed by atoms with E-state index in [2.05, 4.69) is 0 Å². The number of aryl methyl sites for hydroxylation is 1. The highest BCUT2D eigenvalue weighted by molar-refractivity contribution is 6.26. The van der Waals surface area contributed by atoms with Crippen molar-refractivity contribution in [3.8, 4) is 11.5 Å². The standard InChI is InChI=1S/C24H27ClO6/c1-6-7-14-10-16(26)29-23-18(14)22-15(8-9-24(4,5)31-22)21-19(23)20(30-17(27)11-25)12(2)13(3)28-21/h8-10,12-13,20H,6-7,11H2,1-5H3. The lowest BCUT2D eigenvalue weighted by atomic mass is 9.84. The molecule has 6 nitrogen and oxygen atoms in total. The minimum absolute atomic E-state index is 0.175. The summed E-state index contributed by atoms with van der Waals surface area (Å²) >= 11 is 5.73. The average molecular weight is 447 g/mol. The lowest BCUT2D eigenvalue weighted by molar-refractivity contribution is -0.152. The number of fused-ring (bicyclic) bond motifs is 6. The largest absolute Gasteiger partial charge is 0.489 e. The second kappa shape index (κ2) is 7.90. The molecular formula is C24H27ClO6. The van der Waals surface area contributed by atoms with Crippen LogP contribution in [-0.4, -0.2) is 23.6 Å². The van der Waals surface area contributed by atoms with Crippen LogP contribution in [0.2, 0.25) is 0 Å². The molecule has 1 aromatic carbocycles. The van der Waals surface area contributed by atoms with Crippen molar-refractivity contribution in [2.75, 3.05) is 5.88 Å². The van der Waals surface area contributed by atoms with E-state index < -0.39 is 23.3 Å². The van der Waals surface area contributed by atoms with Crippen molar-refractivity contribution in [1.82, 2.24) is 0 Å². The Morgan fingerprint density at radius 2 is 2.00 bits per heavy atom. The molecule has 2 aromatic rings. The maximum Gasteiger partial charge on any atom is 0.336 e. The predicted octanol–water partition coefficient (Wildman–Crippen LogP) is 5.17. The van der Waals surface area contributed by atoms with Crippen LogP contribution < -0.4 is 15.1 Å². The highest BCUT2D eigenvalue weighted by Gasteiger charge is 2.42. The van der Waals surface area contributed by atoms with Gasteiger partial charge < -0.3 is 18.6 Å². The van der Waals surface area contributed by atoms with Gasteiger partial charge in [0.25, 0.3) is 0 Å². The normalized spacial score (nSPS) is 23.5. The zero-order chi connectivity index (χ0) is 22.5. The molecule has 0 saturated heterocycles. The Kier molecular flexibility index (Phi) is 5.54. The number of halogens is 1. The fraction of sp³-hybridized carbons (Fsp3) is 0.500. The molecule has 3 unspecified atom stereocenters. The topological polar surface area (TPSA) is 75.0 Å². The van der Waals surface area contributed by atoms with Gasteiger partial charge in [-0.15, -0.1) is 11.6 Å². The summed E-state index contributed by atoms with van der Waals surface area (Å²) in [5, 5.41) is 0.727. The first kappa shape index (κ1) is 21.8. The number of alkyl halides is 1. The van der Waals surface area contributed by atoms with Gasteiger partial charge in [-0.1, -0.05) is 20.3 Å². The molecule has 0 spiro atoms. The summed E-state index contributed by atoms with van der Waals surface area (Å²) in [7, 11) is 0.